The summed E-state index contributed by atoms with van der Waals surface area (Å²) in [5.74, 6) is -0.301. The van der Waals surface area contributed by atoms with Crippen molar-refractivity contribution < 1.29 is 9.78 Å². The minimum Gasteiger partial charge on any atom is -0.324 e. The van der Waals surface area contributed by atoms with E-state index in [0.717, 1.165) is 5.56 Å². The second-order valence-electron chi connectivity index (χ2n) is 5.87. The Bertz CT molecular complexity index is 1170. The van der Waals surface area contributed by atoms with Gasteiger partial charge in [0.1, 0.15) is 22.7 Å². The summed E-state index contributed by atoms with van der Waals surface area (Å²) in [5, 5.41) is 3.22. The van der Waals surface area contributed by atoms with Gasteiger partial charge < -0.3 is 9.88 Å². The average molecular weight is 334 g/mol. The second kappa shape index (κ2) is 5.55. The molecule has 0 saturated heterocycles. The third kappa shape index (κ3) is 2.37. The second-order valence-corrected chi connectivity index (χ2v) is 5.87. The molecule has 124 valence electrons. The first-order chi connectivity index (χ1) is 12.1. The van der Waals surface area contributed by atoms with Crippen molar-refractivity contribution in [3.63, 3.8) is 0 Å². The summed E-state index contributed by atoms with van der Waals surface area (Å²) >= 11 is 0. The Morgan fingerprint density at radius 2 is 2.08 bits per heavy atom. The topological polar surface area (TPSA) is 82.5 Å². The molecule has 0 aliphatic carbocycles. The third-order valence-electron chi connectivity index (χ3n) is 4.22. The van der Waals surface area contributed by atoms with Gasteiger partial charge in [0.05, 0.1) is 5.39 Å². The van der Waals surface area contributed by atoms with Crippen molar-refractivity contribution in [2.24, 2.45) is 7.05 Å². The minimum absolute atomic E-state index is 0.189. The van der Waals surface area contributed by atoms with Crippen molar-refractivity contribution in [3.05, 3.63) is 70.5 Å². The maximum atomic E-state index is 12.8. The number of rotatable bonds is 2. The summed E-state index contributed by atoms with van der Waals surface area (Å²) in [6.45, 7) is 1.90. The van der Waals surface area contributed by atoms with Gasteiger partial charge in [-0.25, -0.2) is 9.97 Å². The molecule has 25 heavy (non-hydrogen) atoms. The van der Waals surface area contributed by atoms with Crippen molar-refractivity contribution in [2.75, 3.05) is 5.32 Å². The van der Waals surface area contributed by atoms with Gasteiger partial charge in [-0.3, -0.25) is 14.0 Å². The number of nitrogens with one attached hydrogen (secondary N) is 2. The summed E-state index contributed by atoms with van der Waals surface area (Å²) in [5.41, 5.74) is 2.80. The smallest absolute Gasteiger partial charge is 0.272 e. The van der Waals surface area contributed by atoms with Crippen LogP contribution in [0.2, 0.25) is 0 Å². The van der Waals surface area contributed by atoms with Crippen molar-refractivity contribution in [1.29, 1.82) is 0 Å². The number of aromatic nitrogens is 4. The van der Waals surface area contributed by atoms with E-state index in [-0.39, 0.29) is 11.5 Å². The van der Waals surface area contributed by atoms with E-state index in [1.165, 1.54) is 4.40 Å². The molecule has 0 aliphatic rings. The summed E-state index contributed by atoms with van der Waals surface area (Å²) < 4.78 is 3.15. The third-order valence-corrected chi connectivity index (χ3v) is 4.22. The monoisotopic (exact) mass is 334 g/mol. The molecule has 0 spiro atoms. The first-order valence-electron chi connectivity index (χ1n) is 7.81. The molecule has 4 aromatic rings. The number of nitrogens with zero attached hydrogens (tertiary/aromatic N) is 3. The predicted octanol–water partition coefficient (Wildman–Crippen LogP) is 1.56. The van der Waals surface area contributed by atoms with E-state index in [1.807, 2.05) is 13.0 Å². The lowest BCUT2D eigenvalue weighted by molar-refractivity contribution is -0.377. The fourth-order valence-corrected chi connectivity index (χ4v) is 2.91. The number of carbonyl (C=O) groups is 1. The van der Waals surface area contributed by atoms with Gasteiger partial charge in [0.2, 0.25) is 0 Å². The van der Waals surface area contributed by atoms with Gasteiger partial charge in [0, 0.05) is 19.3 Å². The van der Waals surface area contributed by atoms with Gasteiger partial charge in [-0.2, -0.15) is 0 Å². The Labute approximate surface area is 142 Å². The minimum atomic E-state index is -0.301. The number of aryl methyl sites for hydroxylation is 2. The maximum absolute atomic E-state index is 12.8. The molecule has 0 saturated carbocycles. The first kappa shape index (κ1) is 15.1. The van der Waals surface area contributed by atoms with Crippen LogP contribution in [0.15, 0.2) is 53.7 Å². The molecule has 0 fully saturated rings. The van der Waals surface area contributed by atoms with Crippen molar-refractivity contribution in [3.8, 4) is 0 Å². The molecule has 1 amide bonds. The predicted molar refractivity (Wildman–Crippen MR) is 93.6 cm³/mol. The number of H-pyrrole nitrogens is 1. The number of hydrogen-bond acceptors (Lipinski definition) is 3. The van der Waals surface area contributed by atoms with E-state index < -0.39 is 0 Å². The number of pyridine rings is 2. The largest absolute Gasteiger partial charge is 0.324 e. The van der Waals surface area contributed by atoms with E-state index in [1.54, 1.807) is 54.5 Å². The summed E-state index contributed by atoms with van der Waals surface area (Å²) in [6.07, 6.45) is 5.13. The zero-order valence-electron chi connectivity index (χ0n) is 13.8. The van der Waals surface area contributed by atoms with Gasteiger partial charge in [-0.05, 0) is 30.7 Å². The highest BCUT2D eigenvalue weighted by atomic mass is 16.2. The van der Waals surface area contributed by atoms with E-state index in [4.69, 9.17) is 0 Å². The number of hydrogen-bond donors (Lipinski definition) is 1. The first-order valence-corrected chi connectivity index (χ1v) is 7.81. The molecule has 7 nitrogen and oxygen atoms in total. The quantitative estimate of drug-likeness (QED) is 0.604. The molecule has 0 aliphatic heterocycles. The lowest BCUT2D eigenvalue weighted by Crippen LogP contribution is -2.17. The van der Waals surface area contributed by atoms with Crippen LogP contribution in [0.3, 0.4) is 0 Å². The number of amides is 1. The fourth-order valence-electron chi connectivity index (χ4n) is 2.91. The van der Waals surface area contributed by atoms with Crippen LogP contribution in [-0.2, 0) is 7.05 Å². The van der Waals surface area contributed by atoms with Crippen LogP contribution in [0.5, 0.6) is 0 Å². The summed E-state index contributed by atoms with van der Waals surface area (Å²) in [4.78, 5) is 32.8. The Balaban J connectivity index is 1.89. The van der Waals surface area contributed by atoms with Crippen molar-refractivity contribution in [2.45, 2.75) is 6.92 Å². The van der Waals surface area contributed by atoms with Gasteiger partial charge in [0.25, 0.3) is 11.5 Å². The zero-order chi connectivity index (χ0) is 17.6. The molecular formula is C18H16N5O2+. The SMILES string of the molecule is Cc1cccn2c(=O)c3cc(C(=O)Nc4ccc[nH+]c4)n(C)c3nc12. The number of fused-ring (bicyclic) bond motifs is 2. The Morgan fingerprint density at radius 3 is 2.84 bits per heavy atom. The lowest BCUT2D eigenvalue weighted by Gasteiger charge is -2.06. The standard InChI is InChI=1S/C18H15N5O2/c1-11-5-4-8-23-15(11)21-16-13(18(23)25)9-14(22(16)2)17(24)20-12-6-3-7-19-10-12/h3-10H,1-2H3,(H,20,24)/p+1. The number of anilines is 1. The van der Waals surface area contributed by atoms with Gasteiger partial charge in [-0.15, -0.1) is 0 Å². The van der Waals surface area contributed by atoms with Gasteiger partial charge in [-0.1, -0.05) is 6.07 Å². The highest BCUT2D eigenvalue weighted by Crippen LogP contribution is 2.17. The van der Waals surface area contributed by atoms with E-state index in [0.29, 0.717) is 28.1 Å². The molecule has 7 heteroatoms. The highest BCUT2D eigenvalue weighted by molar-refractivity contribution is 6.05. The summed E-state index contributed by atoms with van der Waals surface area (Å²) in [7, 11) is 1.73. The molecule has 2 N–H and O–H groups in total. The van der Waals surface area contributed by atoms with Crippen molar-refractivity contribution >= 4 is 28.3 Å². The molecule has 0 bridgehead atoms. The van der Waals surface area contributed by atoms with Crippen LogP contribution < -0.4 is 15.9 Å². The van der Waals surface area contributed by atoms with Crippen LogP contribution in [-0.4, -0.2) is 19.9 Å². The normalized spacial score (nSPS) is 11.1. The van der Waals surface area contributed by atoms with E-state index in [9.17, 15) is 9.59 Å². The lowest BCUT2D eigenvalue weighted by atomic mass is 10.3. The summed E-state index contributed by atoms with van der Waals surface area (Å²) in [6, 6.07) is 8.86. The van der Waals surface area contributed by atoms with Gasteiger partial charge in [0.15, 0.2) is 12.4 Å². The molecule has 0 atom stereocenters. The fraction of sp³-hybridized carbons (Fsp3) is 0.111. The Hall–Kier alpha value is -3.48. The molecule has 0 aromatic carbocycles. The Morgan fingerprint density at radius 1 is 1.24 bits per heavy atom. The van der Waals surface area contributed by atoms with Crippen molar-refractivity contribution in [1.82, 2.24) is 14.0 Å². The van der Waals surface area contributed by atoms with Crippen LogP contribution in [0, 0.1) is 6.92 Å². The molecule has 4 heterocycles. The van der Waals surface area contributed by atoms with Gasteiger partial charge >= 0.3 is 0 Å². The van der Waals surface area contributed by atoms with Crippen LogP contribution >= 0.6 is 0 Å². The number of carbonyl (C=O) groups excluding carboxylic acids is 1. The maximum Gasteiger partial charge on any atom is 0.272 e. The van der Waals surface area contributed by atoms with E-state index in [2.05, 4.69) is 15.3 Å². The molecule has 4 rings (SSSR count). The average Bonchev–Trinajstić information content (AvgIpc) is 2.94. The van der Waals surface area contributed by atoms with Crippen LogP contribution in [0.1, 0.15) is 16.1 Å². The molecule has 4 aromatic heterocycles. The molecular weight excluding hydrogens is 318 g/mol. The van der Waals surface area contributed by atoms with Crippen LogP contribution in [0.4, 0.5) is 5.69 Å². The van der Waals surface area contributed by atoms with Crippen LogP contribution in [0.25, 0.3) is 16.7 Å². The zero-order valence-corrected chi connectivity index (χ0v) is 13.8. The van der Waals surface area contributed by atoms with E-state index >= 15 is 0 Å². The molecule has 0 unspecified atom stereocenters. The Kier molecular flexibility index (Phi) is 3.35. The molecule has 0 radical (unpaired) electrons. The highest BCUT2D eigenvalue weighted by Gasteiger charge is 2.18. The number of aromatic amines is 1.